The molecule has 0 fully saturated rings. The van der Waals surface area contributed by atoms with Gasteiger partial charge in [0.2, 0.25) is 5.79 Å². The summed E-state index contributed by atoms with van der Waals surface area (Å²) in [6.45, 7) is 18.2. The van der Waals surface area contributed by atoms with Gasteiger partial charge in [0, 0.05) is 31.6 Å². The molecular weight excluding hydrogens is 578 g/mol. The van der Waals surface area contributed by atoms with Crippen molar-refractivity contribution in [2.75, 3.05) is 52.4 Å². The first-order chi connectivity index (χ1) is 19.5. The predicted molar refractivity (Wildman–Crippen MR) is 162 cm³/mol. The van der Waals surface area contributed by atoms with Gasteiger partial charge in [0.05, 0.1) is 26.2 Å². The number of carboxylic acid groups (broad SMARTS) is 1. The number of carbonyl (C=O) groups is 4. The molecule has 4 N–H and O–H groups in total. The van der Waals surface area contributed by atoms with Gasteiger partial charge in [-0.25, -0.2) is 0 Å². The van der Waals surface area contributed by atoms with Crippen LogP contribution in [0.25, 0.3) is 0 Å². The van der Waals surface area contributed by atoms with Gasteiger partial charge in [-0.2, -0.15) is 0 Å². The molecule has 0 saturated carbocycles. The fraction of sp³-hybridized carbons (Fsp3) is 0.867. The lowest BCUT2D eigenvalue weighted by Crippen LogP contribution is -2.61. The number of esters is 3. The van der Waals surface area contributed by atoms with Crippen molar-refractivity contribution in [3.63, 3.8) is 0 Å². The summed E-state index contributed by atoms with van der Waals surface area (Å²) in [5.74, 6) is -5.72. The van der Waals surface area contributed by atoms with Gasteiger partial charge in [0.15, 0.2) is 6.23 Å². The summed E-state index contributed by atoms with van der Waals surface area (Å²) in [5.41, 5.74) is -3.60. The zero-order valence-corrected chi connectivity index (χ0v) is 28.7. The highest BCUT2D eigenvalue weighted by atomic mass is 16.6. The van der Waals surface area contributed by atoms with Crippen molar-refractivity contribution in [1.29, 1.82) is 0 Å². The van der Waals surface area contributed by atoms with Crippen molar-refractivity contribution in [3.8, 4) is 0 Å². The van der Waals surface area contributed by atoms with Gasteiger partial charge in [-0.1, -0.05) is 20.8 Å². The van der Waals surface area contributed by atoms with Gasteiger partial charge in [-0.05, 0) is 62.3 Å². The van der Waals surface area contributed by atoms with Gasteiger partial charge in [-0.15, -0.1) is 0 Å². The van der Waals surface area contributed by atoms with Crippen LogP contribution in [0.2, 0.25) is 0 Å². The third-order valence-electron chi connectivity index (χ3n) is 5.90. The van der Waals surface area contributed by atoms with Crippen molar-refractivity contribution in [1.82, 2.24) is 14.7 Å². The number of hydrogen-bond donors (Lipinski definition) is 4. The molecule has 0 rings (SSSR count). The van der Waals surface area contributed by atoms with Crippen LogP contribution in [-0.2, 0) is 33.4 Å². The first kappa shape index (κ1) is 41.6. The van der Waals surface area contributed by atoms with Crippen molar-refractivity contribution in [2.24, 2.45) is 5.41 Å². The van der Waals surface area contributed by atoms with Crippen molar-refractivity contribution >= 4 is 23.9 Å². The monoisotopic (exact) mass is 635 g/mol. The Kier molecular flexibility index (Phi) is 15.4. The van der Waals surface area contributed by atoms with E-state index in [2.05, 4.69) is 0 Å². The van der Waals surface area contributed by atoms with E-state index < -0.39 is 71.2 Å². The highest BCUT2D eigenvalue weighted by Gasteiger charge is 2.48. The number of aliphatic hydroxyl groups excluding tert-OH is 1. The normalized spacial score (nSPS) is 14.1. The molecule has 44 heavy (non-hydrogen) atoms. The molecule has 0 amide bonds. The van der Waals surface area contributed by atoms with E-state index in [1.54, 1.807) is 67.2 Å². The number of rotatable bonds is 16. The smallest absolute Gasteiger partial charge is 0.320 e. The molecule has 0 aromatic heterocycles. The minimum atomic E-state index is -2.64. The molecule has 0 aliphatic rings. The molecule has 0 aliphatic carbocycles. The molecule has 0 radical (unpaired) electrons. The Morgan fingerprint density at radius 1 is 0.568 bits per heavy atom. The molecule has 0 spiro atoms. The summed E-state index contributed by atoms with van der Waals surface area (Å²) in [4.78, 5) is 53.5. The second kappa shape index (κ2) is 16.3. The number of hydrogen-bond acceptors (Lipinski definition) is 13. The minimum absolute atomic E-state index is 0.00662. The van der Waals surface area contributed by atoms with Crippen LogP contribution in [-0.4, -0.2) is 140 Å². The first-order valence-electron chi connectivity index (χ1n) is 14.7. The van der Waals surface area contributed by atoms with Gasteiger partial charge in [-0.3, -0.25) is 33.9 Å². The maximum atomic E-state index is 12.8. The van der Waals surface area contributed by atoms with Crippen LogP contribution in [0.1, 0.15) is 83.1 Å². The third-order valence-corrected chi connectivity index (χ3v) is 5.90. The van der Waals surface area contributed by atoms with Gasteiger partial charge >= 0.3 is 23.9 Å². The third kappa shape index (κ3) is 17.8. The van der Waals surface area contributed by atoms with Crippen molar-refractivity contribution in [2.45, 2.75) is 112 Å². The molecule has 258 valence electrons. The minimum Gasteiger partial charge on any atom is -0.480 e. The van der Waals surface area contributed by atoms with E-state index in [0.717, 1.165) is 4.90 Å². The van der Waals surface area contributed by atoms with E-state index in [9.17, 15) is 39.6 Å². The number of carboxylic acids is 1. The van der Waals surface area contributed by atoms with E-state index in [4.69, 9.17) is 14.2 Å². The second-order valence-electron chi connectivity index (χ2n) is 15.0. The number of nitrogens with zero attached hydrogens (tertiary/aromatic N) is 3. The van der Waals surface area contributed by atoms with Crippen LogP contribution < -0.4 is 0 Å². The highest BCUT2D eigenvalue weighted by molar-refractivity contribution is 5.74. The lowest BCUT2D eigenvalue weighted by molar-refractivity contribution is -0.312. The summed E-state index contributed by atoms with van der Waals surface area (Å²) >= 11 is 0. The van der Waals surface area contributed by atoms with Crippen LogP contribution in [0.15, 0.2) is 0 Å². The molecule has 1 unspecified atom stereocenters. The zero-order valence-electron chi connectivity index (χ0n) is 28.7. The van der Waals surface area contributed by atoms with Crippen LogP contribution >= 0.6 is 0 Å². The van der Waals surface area contributed by atoms with Crippen molar-refractivity contribution in [3.05, 3.63) is 0 Å². The molecule has 1 atom stereocenters. The second-order valence-corrected chi connectivity index (χ2v) is 15.0. The largest absolute Gasteiger partial charge is 0.480 e. The lowest BCUT2D eigenvalue weighted by atomic mass is 9.84. The zero-order chi connectivity index (χ0) is 34.9. The fourth-order valence-electron chi connectivity index (χ4n) is 3.81. The summed E-state index contributed by atoms with van der Waals surface area (Å²) in [5, 5.41) is 42.1. The van der Waals surface area contributed by atoms with E-state index in [1.807, 2.05) is 0 Å². The summed E-state index contributed by atoms with van der Waals surface area (Å²) < 4.78 is 16.2. The summed E-state index contributed by atoms with van der Waals surface area (Å²) in [6, 6.07) is 0. The molecule has 0 bridgehead atoms. The molecule has 0 heterocycles. The Balaban J connectivity index is 6.12. The number of carbonyl (C=O) groups excluding carboxylic acids is 3. The van der Waals surface area contributed by atoms with E-state index in [-0.39, 0.29) is 39.3 Å². The van der Waals surface area contributed by atoms with Gasteiger partial charge in [0.1, 0.15) is 16.8 Å². The highest BCUT2D eigenvalue weighted by Crippen LogP contribution is 2.32. The maximum Gasteiger partial charge on any atom is 0.320 e. The Bertz CT molecular complexity index is 957. The molecule has 14 heteroatoms. The van der Waals surface area contributed by atoms with Crippen LogP contribution in [0.5, 0.6) is 0 Å². The van der Waals surface area contributed by atoms with Gasteiger partial charge < -0.3 is 34.6 Å². The number of ether oxygens (including phenoxy) is 3. The lowest BCUT2D eigenvalue weighted by Gasteiger charge is -2.43. The SMILES string of the molecule is CC(C)(C)OC(=O)CN(CCN(CC(=O)O)CC(=O)OC(C)(C)C)CCN(CC(=O)OC(C)(C)C)C(O)C(O)(O)C(C)(C)C. The van der Waals surface area contributed by atoms with Crippen LogP contribution in [0.4, 0.5) is 0 Å². The maximum absolute atomic E-state index is 12.8. The van der Waals surface area contributed by atoms with Gasteiger partial charge in [0.25, 0.3) is 0 Å². The number of aliphatic carboxylic acids is 1. The first-order valence-corrected chi connectivity index (χ1v) is 14.7. The molecule has 0 aromatic carbocycles. The molecule has 14 nitrogen and oxygen atoms in total. The molecular formula is C30H57N3O11. The van der Waals surface area contributed by atoms with Crippen LogP contribution in [0, 0.1) is 5.41 Å². The number of aliphatic hydroxyl groups is 3. The average Bonchev–Trinajstić information content (AvgIpc) is 2.74. The Hall–Kier alpha value is -2.36. The Morgan fingerprint density at radius 2 is 0.909 bits per heavy atom. The van der Waals surface area contributed by atoms with Crippen molar-refractivity contribution < 1.29 is 53.8 Å². The molecule has 0 aliphatic heterocycles. The average molecular weight is 636 g/mol. The Labute approximate surface area is 262 Å². The standard InChI is InChI=1S/C30H57N3O11/c1-26(2,3)30(40,41)25(39)33(20-24(38)44-29(10,11)12)16-15-31(18-22(36)42-27(4,5)6)13-14-32(17-21(34)35)19-23(37)43-28(7,8)9/h25,39-41H,13-20H2,1-12H3,(H,34,35). The van der Waals surface area contributed by atoms with E-state index in [1.165, 1.54) is 25.7 Å². The van der Waals surface area contributed by atoms with Crippen LogP contribution in [0.3, 0.4) is 0 Å². The molecule has 0 aromatic rings. The summed E-state index contributed by atoms with van der Waals surface area (Å²) in [6.07, 6.45) is -1.92. The summed E-state index contributed by atoms with van der Waals surface area (Å²) in [7, 11) is 0. The van der Waals surface area contributed by atoms with E-state index in [0.29, 0.717) is 0 Å². The Morgan fingerprint density at radius 3 is 1.27 bits per heavy atom. The quantitative estimate of drug-likeness (QED) is 0.107. The fourth-order valence-corrected chi connectivity index (χ4v) is 3.81. The molecule has 0 saturated heterocycles. The van der Waals surface area contributed by atoms with E-state index >= 15 is 0 Å². The predicted octanol–water partition coefficient (Wildman–Crippen LogP) is 1.05. The topological polar surface area (TPSA) is 187 Å².